The van der Waals surface area contributed by atoms with Crippen LogP contribution in [0.2, 0.25) is 0 Å². The van der Waals surface area contributed by atoms with Crippen LogP contribution < -0.4 is 5.32 Å². The van der Waals surface area contributed by atoms with E-state index in [-0.39, 0.29) is 18.1 Å². The second-order valence-corrected chi connectivity index (χ2v) is 3.34. The van der Waals surface area contributed by atoms with Crippen LogP contribution >= 0.6 is 0 Å². The second-order valence-electron chi connectivity index (χ2n) is 3.34. The smallest absolute Gasteiger partial charge is 0.326 e. The number of ketones is 1. The van der Waals surface area contributed by atoms with E-state index in [2.05, 4.69) is 5.32 Å². The number of carbonyl (C=O) groups excluding carboxylic acids is 2. The minimum atomic E-state index is -1.12. The van der Waals surface area contributed by atoms with Gasteiger partial charge in [-0.25, -0.2) is 4.79 Å². The van der Waals surface area contributed by atoms with Gasteiger partial charge in [-0.05, 0) is 13.3 Å². The van der Waals surface area contributed by atoms with E-state index in [4.69, 9.17) is 5.11 Å². The molecule has 0 unspecified atom stereocenters. The summed E-state index contributed by atoms with van der Waals surface area (Å²) in [5.41, 5.74) is 0. The fourth-order valence-corrected chi connectivity index (χ4v) is 0.986. The molecular weight excluding hydrogens is 186 g/mol. The fraction of sp³-hybridized carbons (Fsp3) is 0.667. The average molecular weight is 201 g/mol. The number of nitrogens with one attached hydrogen (secondary N) is 1. The van der Waals surface area contributed by atoms with Gasteiger partial charge >= 0.3 is 5.97 Å². The van der Waals surface area contributed by atoms with Gasteiger partial charge in [-0.2, -0.15) is 0 Å². The molecule has 0 spiro atoms. The van der Waals surface area contributed by atoms with E-state index in [0.717, 1.165) is 0 Å². The molecule has 2 atom stereocenters. The molecule has 2 N–H and O–H groups in total. The lowest BCUT2D eigenvalue weighted by molar-refractivity contribution is -0.142. The summed E-state index contributed by atoms with van der Waals surface area (Å²) in [5.74, 6) is -1.97. The van der Waals surface area contributed by atoms with E-state index in [9.17, 15) is 14.4 Å². The highest BCUT2D eigenvalue weighted by Crippen LogP contribution is 2.07. The highest BCUT2D eigenvalue weighted by atomic mass is 16.4. The van der Waals surface area contributed by atoms with Gasteiger partial charge in [0.15, 0.2) is 0 Å². The van der Waals surface area contributed by atoms with E-state index in [1.54, 1.807) is 6.92 Å². The van der Waals surface area contributed by atoms with Gasteiger partial charge in [0.25, 0.3) is 0 Å². The van der Waals surface area contributed by atoms with Crippen molar-refractivity contribution in [3.05, 3.63) is 0 Å². The van der Waals surface area contributed by atoms with Crippen molar-refractivity contribution in [1.29, 1.82) is 0 Å². The number of Topliss-reactive ketones (excluding diaryl/α,β-unsaturated/α-hetero) is 1. The van der Waals surface area contributed by atoms with Crippen molar-refractivity contribution in [2.24, 2.45) is 5.92 Å². The molecular formula is C9H15NO4. The molecule has 0 bridgehead atoms. The van der Waals surface area contributed by atoms with Crippen molar-refractivity contribution in [2.45, 2.75) is 33.2 Å². The molecule has 0 aliphatic heterocycles. The van der Waals surface area contributed by atoms with Crippen LogP contribution in [0.4, 0.5) is 0 Å². The summed E-state index contributed by atoms with van der Waals surface area (Å²) in [5, 5.41) is 11.0. The quantitative estimate of drug-likeness (QED) is 0.665. The first kappa shape index (κ1) is 12.6. The van der Waals surface area contributed by atoms with E-state index >= 15 is 0 Å². The Labute approximate surface area is 82.5 Å². The Hall–Kier alpha value is -1.39. The molecule has 0 aromatic rings. The molecule has 0 aromatic heterocycles. The Kier molecular flexibility index (Phi) is 4.83. The van der Waals surface area contributed by atoms with E-state index in [0.29, 0.717) is 0 Å². The zero-order valence-electron chi connectivity index (χ0n) is 8.53. The Balaban J connectivity index is 4.30. The number of hydrogen-bond acceptors (Lipinski definition) is 3. The standard InChI is InChI=1S/C9H15NO4/c1-5(6(2)11)4-8(9(13)14)10-7(3)12/h5,8H,4H2,1-3H3,(H,10,12)(H,13,14)/t5-,8-/m0/s1. The van der Waals surface area contributed by atoms with Crippen LogP contribution in [0.3, 0.4) is 0 Å². The van der Waals surface area contributed by atoms with E-state index < -0.39 is 17.9 Å². The number of hydrogen-bond donors (Lipinski definition) is 2. The number of aliphatic carboxylic acids is 1. The molecule has 0 aliphatic rings. The van der Waals surface area contributed by atoms with Gasteiger partial charge in [-0.15, -0.1) is 0 Å². The molecule has 0 rings (SSSR count). The Morgan fingerprint density at radius 3 is 2.07 bits per heavy atom. The van der Waals surface area contributed by atoms with Gasteiger partial charge in [-0.3, -0.25) is 9.59 Å². The van der Waals surface area contributed by atoms with E-state index in [1.165, 1.54) is 13.8 Å². The molecule has 0 aromatic carbocycles. The predicted octanol–water partition coefficient (Wildman–Crippen LogP) is 0.191. The van der Waals surface area contributed by atoms with Crippen molar-refractivity contribution >= 4 is 17.7 Å². The fourth-order valence-electron chi connectivity index (χ4n) is 0.986. The minimum absolute atomic E-state index is 0.0818. The lowest BCUT2D eigenvalue weighted by Crippen LogP contribution is -2.41. The van der Waals surface area contributed by atoms with Crippen LogP contribution in [0.15, 0.2) is 0 Å². The Morgan fingerprint density at radius 1 is 1.29 bits per heavy atom. The largest absolute Gasteiger partial charge is 0.480 e. The number of carbonyl (C=O) groups is 3. The summed E-state index contributed by atoms with van der Waals surface area (Å²) in [4.78, 5) is 32.2. The van der Waals surface area contributed by atoms with E-state index in [1.807, 2.05) is 0 Å². The lowest BCUT2D eigenvalue weighted by Gasteiger charge is -2.15. The minimum Gasteiger partial charge on any atom is -0.480 e. The second kappa shape index (κ2) is 5.36. The van der Waals surface area contributed by atoms with Crippen molar-refractivity contribution in [1.82, 2.24) is 5.32 Å². The highest BCUT2D eigenvalue weighted by molar-refractivity contribution is 5.83. The molecule has 0 aliphatic carbocycles. The van der Waals surface area contributed by atoms with Gasteiger partial charge in [0.05, 0.1) is 0 Å². The molecule has 1 amide bonds. The summed E-state index contributed by atoms with van der Waals surface area (Å²) >= 11 is 0. The monoisotopic (exact) mass is 201 g/mol. The first-order valence-electron chi connectivity index (χ1n) is 4.35. The van der Waals surface area contributed by atoms with Crippen molar-refractivity contribution in [3.63, 3.8) is 0 Å². The third-order valence-electron chi connectivity index (χ3n) is 1.96. The van der Waals surface area contributed by atoms with Crippen molar-refractivity contribution in [3.8, 4) is 0 Å². The predicted molar refractivity (Wildman–Crippen MR) is 49.7 cm³/mol. The topological polar surface area (TPSA) is 83.5 Å². The highest BCUT2D eigenvalue weighted by Gasteiger charge is 2.22. The van der Waals surface area contributed by atoms with Crippen molar-refractivity contribution in [2.75, 3.05) is 0 Å². The van der Waals surface area contributed by atoms with Crippen LogP contribution in [0.1, 0.15) is 27.2 Å². The summed E-state index contributed by atoms with van der Waals surface area (Å²) in [6.07, 6.45) is 0.129. The average Bonchev–Trinajstić information content (AvgIpc) is 2.01. The summed E-state index contributed by atoms with van der Waals surface area (Å²) < 4.78 is 0. The van der Waals surface area contributed by atoms with Gasteiger partial charge in [0.2, 0.25) is 5.91 Å². The molecule has 0 saturated carbocycles. The van der Waals surface area contributed by atoms with Crippen LogP contribution in [0.25, 0.3) is 0 Å². The maximum Gasteiger partial charge on any atom is 0.326 e. The Morgan fingerprint density at radius 2 is 1.79 bits per heavy atom. The maximum absolute atomic E-state index is 10.9. The van der Waals surface area contributed by atoms with Crippen LogP contribution in [0, 0.1) is 5.92 Å². The summed E-state index contributed by atoms with van der Waals surface area (Å²) in [6.45, 7) is 4.28. The van der Waals surface area contributed by atoms with Gasteiger partial charge < -0.3 is 10.4 Å². The molecule has 0 fully saturated rings. The number of amides is 1. The van der Waals surface area contributed by atoms with Crippen LogP contribution in [-0.4, -0.2) is 28.8 Å². The van der Waals surface area contributed by atoms with Gasteiger partial charge in [-0.1, -0.05) is 6.92 Å². The number of carboxylic acid groups (broad SMARTS) is 1. The normalized spacial score (nSPS) is 14.2. The number of carboxylic acids is 1. The summed E-state index contributed by atoms with van der Waals surface area (Å²) in [6, 6.07) is -0.980. The third-order valence-corrected chi connectivity index (χ3v) is 1.96. The zero-order valence-corrected chi connectivity index (χ0v) is 8.53. The lowest BCUT2D eigenvalue weighted by atomic mass is 9.98. The first-order valence-corrected chi connectivity index (χ1v) is 4.35. The molecule has 80 valence electrons. The van der Waals surface area contributed by atoms with Gasteiger partial charge in [0, 0.05) is 12.8 Å². The number of rotatable bonds is 5. The maximum atomic E-state index is 10.9. The molecule has 0 saturated heterocycles. The molecule has 0 heterocycles. The van der Waals surface area contributed by atoms with Crippen LogP contribution in [-0.2, 0) is 14.4 Å². The zero-order chi connectivity index (χ0) is 11.3. The molecule has 0 radical (unpaired) electrons. The molecule has 14 heavy (non-hydrogen) atoms. The molecule has 5 nitrogen and oxygen atoms in total. The van der Waals surface area contributed by atoms with Gasteiger partial charge in [0.1, 0.15) is 11.8 Å². The van der Waals surface area contributed by atoms with Crippen LogP contribution in [0.5, 0.6) is 0 Å². The Bertz CT molecular complexity index is 249. The van der Waals surface area contributed by atoms with Crippen molar-refractivity contribution < 1.29 is 19.5 Å². The third kappa shape index (κ3) is 4.59. The first-order chi connectivity index (χ1) is 6.34. The SMILES string of the molecule is CC(=O)N[C@@H](C[C@H](C)C(C)=O)C(=O)O. The molecule has 5 heteroatoms. The summed E-state index contributed by atoms with van der Waals surface area (Å²) in [7, 11) is 0.